The fourth-order valence-corrected chi connectivity index (χ4v) is 6.67. The Bertz CT molecular complexity index is 1120. The van der Waals surface area contributed by atoms with E-state index in [2.05, 4.69) is 19.1 Å². The number of ether oxygens (including phenoxy) is 1. The van der Waals surface area contributed by atoms with Crippen molar-refractivity contribution in [3.05, 3.63) is 124 Å². The van der Waals surface area contributed by atoms with Crippen molar-refractivity contribution in [1.82, 2.24) is 0 Å². The van der Waals surface area contributed by atoms with E-state index in [1.165, 1.54) is 4.90 Å². The van der Waals surface area contributed by atoms with E-state index in [-0.39, 0.29) is 34.0 Å². The molecule has 3 aromatic rings. The fourth-order valence-electron chi connectivity index (χ4n) is 5.63. The summed E-state index contributed by atoms with van der Waals surface area (Å²) in [6.07, 6.45) is 2.68. The normalized spacial score (nSPS) is 28.8. The Labute approximate surface area is 198 Å². The van der Waals surface area contributed by atoms with Crippen molar-refractivity contribution in [2.24, 2.45) is 11.8 Å². The predicted molar refractivity (Wildman–Crippen MR) is 132 cm³/mol. The summed E-state index contributed by atoms with van der Waals surface area (Å²) in [6, 6.07) is 29.5. The molecular formula is C28H27NO3S. The minimum absolute atomic E-state index is 0.0106. The number of hydrogen-bond acceptors (Lipinski definition) is 4. The summed E-state index contributed by atoms with van der Waals surface area (Å²) < 4.78 is 6.20. The standard InChI is InChI=1S/C28H27NO3S/c1-19-23-17-25(33-22-15-9-4-10-16-22)32-18-24(23)27(21-13-7-3-8-14-21)28(29(30)31)26(19)20-11-5-2-6-12-20/h2-16,18-19,23,25-28H,17H2,1H3/t19-,23-,25-,26-,27+,28+/m0/s1. The van der Waals surface area contributed by atoms with Gasteiger partial charge < -0.3 is 4.74 Å². The Morgan fingerprint density at radius 3 is 2.06 bits per heavy atom. The summed E-state index contributed by atoms with van der Waals surface area (Å²) in [7, 11) is 0. The molecule has 0 spiro atoms. The number of hydrogen-bond donors (Lipinski definition) is 0. The quantitative estimate of drug-likeness (QED) is 0.309. The lowest BCUT2D eigenvalue weighted by Crippen LogP contribution is -2.47. The van der Waals surface area contributed by atoms with Gasteiger partial charge in [-0.05, 0) is 40.7 Å². The second kappa shape index (κ2) is 9.44. The minimum Gasteiger partial charge on any atom is -0.487 e. The topological polar surface area (TPSA) is 52.4 Å². The lowest BCUT2D eigenvalue weighted by atomic mass is 9.59. The smallest absolute Gasteiger partial charge is 0.230 e. The molecule has 0 bridgehead atoms. The molecule has 4 nitrogen and oxygen atoms in total. The van der Waals surface area contributed by atoms with E-state index in [0.29, 0.717) is 0 Å². The van der Waals surface area contributed by atoms with Gasteiger partial charge in [0, 0.05) is 16.2 Å². The molecule has 1 saturated carbocycles. The maximum Gasteiger partial charge on any atom is 0.230 e. The van der Waals surface area contributed by atoms with Gasteiger partial charge in [0.05, 0.1) is 18.1 Å². The SMILES string of the molecule is C[C@@H]1[C@@H](c2ccccc2)[C@@H]([N+](=O)[O-])[C@H](c2ccccc2)C2=CO[C@@H](Sc3ccccc3)C[C@H]21. The fraction of sp³-hybridized carbons (Fsp3) is 0.286. The van der Waals surface area contributed by atoms with Gasteiger partial charge in [0.25, 0.3) is 0 Å². The van der Waals surface area contributed by atoms with E-state index in [9.17, 15) is 10.1 Å². The third kappa shape index (κ3) is 4.30. The van der Waals surface area contributed by atoms with Crippen LogP contribution in [0.15, 0.2) is 108 Å². The molecule has 1 heterocycles. The average Bonchev–Trinajstić information content (AvgIpc) is 2.85. The van der Waals surface area contributed by atoms with E-state index in [1.807, 2.05) is 85.1 Å². The molecule has 33 heavy (non-hydrogen) atoms. The minimum atomic E-state index is -0.741. The van der Waals surface area contributed by atoms with Crippen LogP contribution >= 0.6 is 11.8 Å². The molecule has 0 aromatic heterocycles. The van der Waals surface area contributed by atoms with Crippen molar-refractivity contribution in [1.29, 1.82) is 0 Å². The molecule has 6 atom stereocenters. The first-order valence-electron chi connectivity index (χ1n) is 11.4. The molecule has 5 heteroatoms. The molecule has 168 valence electrons. The van der Waals surface area contributed by atoms with Crippen LogP contribution in [-0.4, -0.2) is 16.4 Å². The highest BCUT2D eigenvalue weighted by atomic mass is 32.2. The predicted octanol–water partition coefficient (Wildman–Crippen LogP) is 6.89. The van der Waals surface area contributed by atoms with Crippen molar-refractivity contribution < 1.29 is 9.66 Å². The van der Waals surface area contributed by atoms with E-state index >= 15 is 0 Å². The first-order chi connectivity index (χ1) is 16.1. The Hall–Kier alpha value is -3.05. The summed E-state index contributed by atoms with van der Waals surface area (Å²) in [5.74, 6) is -0.146. The van der Waals surface area contributed by atoms with Crippen LogP contribution in [0.25, 0.3) is 0 Å². The molecule has 1 aliphatic heterocycles. The number of rotatable bonds is 5. The second-order valence-corrected chi connectivity index (χ2v) is 10.1. The van der Waals surface area contributed by atoms with Crippen LogP contribution in [-0.2, 0) is 4.74 Å². The molecule has 5 rings (SSSR count). The zero-order valence-corrected chi connectivity index (χ0v) is 19.3. The Morgan fingerprint density at radius 2 is 1.45 bits per heavy atom. The van der Waals surface area contributed by atoms with Gasteiger partial charge in [-0.15, -0.1) is 0 Å². The molecule has 0 amide bonds. The van der Waals surface area contributed by atoms with Crippen LogP contribution in [0.2, 0.25) is 0 Å². The van der Waals surface area contributed by atoms with Crippen molar-refractivity contribution in [3.8, 4) is 0 Å². The highest BCUT2D eigenvalue weighted by Crippen LogP contribution is 2.55. The van der Waals surface area contributed by atoms with Gasteiger partial charge >= 0.3 is 0 Å². The van der Waals surface area contributed by atoms with Gasteiger partial charge in [-0.3, -0.25) is 10.1 Å². The van der Waals surface area contributed by atoms with E-state index in [0.717, 1.165) is 23.1 Å². The van der Waals surface area contributed by atoms with E-state index in [4.69, 9.17) is 4.74 Å². The van der Waals surface area contributed by atoms with Gasteiger partial charge in [-0.2, -0.15) is 0 Å². The molecule has 0 radical (unpaired) electrons. The van der Waals surface area contributed by atoms with E-state index < -0.39 is 6.04 Å². The molecule has 0 unspecified atom stereocenters. The van der Waals surface area contributed by atoms with Crippen molar-refractivity contribution in [3.63, 3.8) is 0 Å². The molecule has 3 aromatic carbocycles. The number of benzene rings is 3. The third-order valence-corrected chi connectivity index (χ3v) is 8.21. The second-order valence-electron chi connectivity index (χ2n) is 8.92. The Balaban J connectivity index is 1.57. The third-order valence-electron chi connectivity index (χ3n) is 7.10. The maximum atomic E-state index is 12.6. The van der Waals surface area contributed by atoms with Crippen LogP contribution in [0.4, 0.5) is 0 Å². The summed E-state index contributed by atoms with van der Waals surface area (Å²) >= 11 is 1.72. The van der Waals surface area contributed by atoms with Crippen molar-refractivity contribution in [2.75, 3.05) is 0 Å². The number of thioether (sulfide) groups is 1. The number of nitrogens with zero attached hydrogens (tertiary/aromatic N) is 1. The Kier molecular flexibility index (Phi) is 6.23. The average molecular weight is 458 g/mol. The summed E-state index contributed by atoms with van der Waals surface area (Å²) in [4.78, 5) is 13.7. The molecule has 1 fully saturated rings. The van der Waals surface area contributed by atoms with Crippen molar-refractivity contribution in [2.45, 2.75) is 41.6 Å². The van der Waals surface area contributed by atoms with Gasteiger partial charge in [-0.25, -0.2) is 0 Å². The highest BCUT2D eigenvalue weighted by molar-refractivity contribution is 7.99. The summed E-state index contributed by atoms with van der Waals surface area (Å²) in [5.41, 5.74) is 3.09. The van der Waals surface area contributed by atoms with Crippen LogP contribution in [0.5, 0.6) is 0 Å². The van der Waals surface area contributed by atoms with Crippen LogP contribution < -0.4 is 0 Å². The molecule has 0 N–H and O–H groups in total. The van der Waals surface area contributed by atoms with Crippen LogP contribution in [0, 0.1) is 22.0 Å². The molecular weight excluding hydrogens is 430 g/mol. The summed E-state index contributed by atoms with van der Waals surface area (Å²) in [6.45, 7) is 2.18. The summed E-state index contributed by atoms with van der Waals surface area (Å²) in [5, 5.41) is 12.6. The zero-order chi connectivity index (χ0) is 22.8. The largest absolute Gasteiger partial charge is 0.487 e. The van der Waals surface area contributed by atoms with Gasteiger partial charge in [0.2, 0.25) is 6.04 Å². The van der Waals surface area contributed by atoms with Gasteiger partial charge in [-0.1, -0.05) is 97.5 Å². The zero-order valence-electron chi connectivity index (χ0n) is 18.5. The molecule has 0 saturated heterocycles. The number of nitro groups is 1. The van der Waals surface area contributed by atoms with Crippen LogP contribution in [0.1, 0.15) is 36.3 Å². The van der Waals surface area contributed by atoms with Crippen molar-refractivity contribution >= 4 is 11.8 Å². The Morgan fingerprint density at radius 1 is 0.879 bits per heavy atom. The first kappa shape index (κ1) is 21.8. The monoisotopic (exact) mass is 457 g/mol. The first-order valence-corrected chi connectivity index (χ1v) is 12.3. The molecule has 2 aliphatic rings. The lowest BCUT2D eigenvalue weighted by molar-refractivity contribution is -0.534. The van der Waals surface area contributed by atoms with Gasteiger partial charge in [0.1, 0.15) is 5.44 Å². The van der Waals surface area contributed by atoms with E-state index in [1.54, 1.807) is 11.8 Å². The van der Waals surface area contributed by atoms with Crippen LogP contribution in [0.3, 0.4) is 0 Å². The molecule has 1 aliphatic carbocycles. The van der Waals surface area contributed by atoms with Gasteiger partial charge in [0.15, 0.2) is 0 Å². The lowest BCUT2D eigenvalue weighted by Gasteiger charge is -2.46. The highest BCUT2D eigenvalue weighted by Gasteiger charge is 2.54. The maximum absolute atomic E-state index is 12.6. The number of fused-ring (bicyclic) bond motifs is 1.